The number of nitrogens with zero attached hydrogens (tertiary/aromatic N) is 1. The molecule has 26 heavy (non-hydrogen) atoms. The molecule has 0 spiro atoms. The zero-order valence-corrected chi connectivity index (χ0v) is 15.4. The van der Waals surface area contributed by atoms with Gasteiger partial charge in [0.15, 0.2) is 0 Å². The Morgan fingerprint density at radius 1 is 0.538 bits per heavy atom. The lowest BCUT2D eigenvalue weighted by Gasteiger charge is -2.23. The highest BCUT2D eigenvalue weighted by atomic mass is 32.1. The van der Waals surface area contributed by atoms with Gasteiger partial charge in [-0.2, -0.15) is 0 Å². The first kappa shape index (κ1) is 16.6. The van der Waals surface area contributed by atoms with Gasteiger partial charge >= 0.3 is 0 Å². The van der Waals surface area contributed by atoms with E-state index in [-0.39, 0.29) is 0 Å². The van der Waals surface area contributed by atoms with E-state index in [1.165, 1.54) is 26.8 Å². The van der Waals surface area contributed by atoms with Gasteiger partial charge in [-0.1, -0.05) is 66.7 Å². The van der Waals surface area contributed by atoms with Crippen molar-refractivity contribution in [1.29, 1.82) is 0 Å². The predicted octanol–water partition coefficient (Wildman–Crippen LogP) is 7.00. The van der Waals surface area contributed by atoms with Gasteiger partial charge in [0, 0.05) is 16.3 Å². The number of rotatable bonds is 6. The number of anilines is 3. The Labute approximate surface area is 159 Å². The van der Waals surface area contributed by atoms with E-state index in [2.05, 4.69) is 108 Å². The maximum absolute atomic E-state index is 2.33. The molecule has 0 atom stereocenters. The molecule has 4 rings (SSSR count). The van der Waals surface area contributed by atoms with Gasteiger partial charge in [0.05, 0.1) is 0 Å². The highest BCUT2D eigenvalue weighted by Crippen LogP contribution is 2.38. The van der Waals surface area contributed by atoms with Crippen molar-refractivity contribution >= 4 is 27.7 Å². The Morgan fingerprint density at radius 2 is 1.08 bits per heavy atom. The molecule has 0 unspecified atom stereocenters. The van der Waals surface area contributed by atoms with Gasteiger partial charge in [-0.15, -0.1) is 11.3 Å². The first-order chi connectivity index (χ1) is 12.9. The van der Waals surface area contributed by atoms with E-state index in [9.17, 15) is 0 Å². The Balaban J connectivity index is 1.60. The van der Waals surface area contributed by atoms with Crippen LogP contribution in [-0.4, -0.2) is 0 Å². The minimum atomic E-state index is 1.08. The molecule has 0 saturated carbocycles. The van der Waals surface area contributed by atoms with Crippen LogP contribution in [0, 0.1) is 0 Å². The van der Waals surface area contributed by atoms with E-state index in [0.717, 1.165) is 12.8 Å². The molecule has 0 N–H and O–H groups in total. The second-order valence-electron chi connectivity index (χ2n) is 6.23. The summed E-state index contributed by atoms with van der Waals surface area (Å²) in [6, 6.07) is 36.4. The van der Waals surface area contributed by atoms with Crippen molar-refractivity contribution in [2.75, 3.05) is 4.90 Å². The molecule has 3 aromatic carbocycles. The monoisotopic (exact) mass is 355 g/mol. The third-order valence-corrected chi connectivity index (χ3v) is 5.53. The number of para-hydroxylation sites is 2. The van der Waals surface area contributed by atoms with Crippen molar-refractivity contribution < 1.29 is 0 Å². The molecule has 1 aromatic heterocycles. The molecule has 2 heteroatoms. The summed E-state index contributed by atoms with van der Waals surface area (Å²) in [5, 5.41) is 1.26. The van der Waals surface area contributed by atoms with Gasteiger partial charge in [-0.3, -0.25) is 0 Å². The van der Waals surface area contributed by atoms with E-state index < -0.39 is 0 Å². The fourth-order valence-corrected chi connectivity index (χ4v) is 4.14. The van der Waals surface area contributed by atoms with E-state index in [0.29, 0.717) is 0 Å². The SMILES string of the molecule is c1ccc(CCc2ccc(N(c3ccccc3)c3ccccc3)s2)cc1. The molecular formula is C24H21NS. The van der Waals surface area contributed by atoms with Crippen LogP contribution in [0.3, 0.4) is 0 Å². The first-order valence-corrected chi connectivity index (χ1v) is 9.75. The molecule has 0 bridgehead atoms. The lowest BCUT2D eigenvalue weighted by Crippen LogP contribution is -2.07. The zero-order valence-electron chi connectivity index (χ0n) is 14.6. The number of thiophene rings is 1. The van der Waals surface area contributed by atoms with Crippen LogP contribution in [0.2, 0.25) is 0 Å². The maximum Gasteiger partial charge on any atom is 0.100 e. The van der Waals surface area contributed by atoms with Crippen LogP contribution in [0.15, 0.2) is 103 Å². The van der Waals surface area contributed by atoms with Crippen molar-refractivity contribution in [3.05, 3.63) is 114 Å². The van der Waals surface area contributed by atoms with Gasteiger partial charge < -0.3 is 4.90 Å². The average Bonchev–Trinajstić information content (AvgIpc) is 3.18. The van der Waals surface area contributed by atoms with Gasteiger partial charge in [-0.25, -0.2) is 0 Å². The molecule has 4 aromatic rings. The minimum Gasteiger partial charge on any atom is -0.302 e. The van der Waals surface area contributed by atoms with Crippen LogP contribution < -0.4 is 4.90 Å². The van der Waals surface area contributed by atoms with E-state index >= 15 is 0 Å². The van der Waals surface area contributed by atoms with Crippen molar-refractivity contribution in [3.8, 4) is 0 Å². The highest BCUT2D eigenvalue weighted by Gasteiger charge is 2.14. The Bertz CT molecular complexity index is 890. The molecule has 0 aliphatic heterocycles. The van der Waals surface area contributed by atoms with Gasteiger partial charge in [0.2, 0.25) is 0 Å². The molecule has 128 valence electrons. The largest absolute Gasteiger partial charge is 0.302 e. The van der Waals surface area contributed by atoms with E-state index in [1.807, 2.05) is 11.3 Å². The van der Waals surface area contributed by atoms with Crippen LogP contribution in [0.5, 0.6) is 0 Å². The summed E-state index contributed by atoms with van der Waals surface area (Å²) < 4.78 is 0. The predicted molar refractivity (Wildman–Crippen MR) is 113 cm³/mol. The molecule has 1 heterocycles. The van der Waals surface area contributed by atoms with Crippen molar-refractivity contribution in [3.63, 3.8) is 0 Å². The quantitative estimate of drug-likeness (QED) is 0.360. The van der Waals surface area contributed by atoms with Gasteiger partial charge in [0.25, 0.3) is 0 Å². The standard InChI is InChI=1S/C24H21NS/c1-4-10-20(11-5-1)16-17-23-18-19-24(26-23)25(21-12-6-2-7-13-21)22-14-8-3-9-15-22/h1-15,18-19H,16-17H2. The van der Waals surface area contributed by atoms with Crippen molar-refractivity contribution in [2.24, 2.45) is 0 Å². The third kappa shape index (κ3) is 3.87. The Kier molecular flexibility index (Phi) is 5.13. The average molecular weight is 356 g/mol. The number of hydrogen-bond donors (Lipinski definition) is 0. The van der Waals surface area contributed by atoms with Crippen molar-refractivity contribution in [2.45, 2.75) is 12.8 Å². The molecule has 0 aliphatic carbocycles. The minimum absolute atomic E-state index is 1.08. The smallest absolute Gasteiger partial charge is 0.100 e. The summed E-state index contributed by atoms with van der Waals surface area (Å²) >= 11 is 1.88. The lowest BCUT2D eigenvalue weighted by molar-refractivity contribution is 0.981. The topological polar surface area (TPSA) is 3.24 Å². The second-order valence-corrected chi connectivity index (χ2v) is 7.38. The summed E-state index contributed by atoms with van der Waals surface area (Å²) in [6.45, 7) is 0. The van der Waals surface area contributed by atoms with Crippen LogP contribution in [0.25, 0.3) is 0 Å². The fraction of sp³-hybridized carbons (Fsp3) is 0.0833. The van der Waals surface area contributed by atoms with Crippen LogP contribution in [0.4, 0.5) is 16.4 Å². The Morgan fingerprint density at radius 3 is 1.65 bits per heavy atom. The van der Waals surface area contributed by atoms with Crippen LogP contribution in [-0.2, 0) is 12.8 Å². The number of benzene rings is 3. The third-order valence-electron chi connectivity index (χ3n) is 4.40. The van der Waals surface area contributed by atoms with Crippen LogP contribution >= 0.6 is 11.3 Å². The summed E-state index contributed by atoms with van der Waals surface area (Å²) in [4.78, 5) is 3.75. The van der Waals surface area contributed by atoms with E-state index in [1.54, 1.807) is 0 Å². The number of aryl methyl sites for hydroxylation is 2. The molecular weight excluding hydrogens is 334 g/mol. The van der Waals surface area contributed by atoms with Crippen molar-refractivity contribution in [1.82, 2.24) is 0 Å². The fourth-order valence-electron chi connectivity index (χ4n) is 3.09. The molecule has 0 saturated heterocycles. The molecule has 0 radical (unpaired) electrons. The van der Waals surface area contributed by atoms with E-state index in [4.69, 9.17) is 0 Å². The first-order valence-electron chi connectivity index (χ1n) is 8.93. The van der Waals surface area contributed by atoms with Crippen LogP contribution in [0.1, 0.15) is 10.4 Å². The Hall–Kier alpha value is -2.84. The second kappa shape index (κ2) is 8.03. The zero-order chi connectivity index (χ0) is 17.6. The lowest BCUT2D eigenvalue weighted by atomic mass is 10.1. The molecule has 0 fully saturated rings. The molecule has 1 nitrogen and oxygen atoms in total. The summed E-state index contributed by atoms with van der Waals surface area (Å²) in [5.74, 6) is 0. The normalized spacial score (nSPS) is 10.6. The van der Waals surface area contributed by atoms with Gasteiger partial charge in [0.1, 0.15) is 5.00 Å². The number of hydrogen-bond acceptors (Lipinski definition) is 2. The van der Waals surface area contributed by atoms with Gasteiger partial charge in [-0.05, 0) is 54.8 Å². The summed E-state index contributed by atoms with van der Waals surface area (Å²) in [7, 11) is 0. The summed E-state index contributed by atoms with van der Waals surface area (Å²) in [5.41, 5.74) is 3.77. The highest BCUT2D eigenvalue weighted by molar-refractivity contribution is 7.16. The molecule has 0 amide bonds. The summed E-state index contributed by atoms with van der Waals surface area (Å²) in [6.07, 6.45) is 2.16. The molecule has 0 aliphatic rings. The maximum atomic E-state index is 2.33.